The molecule has 1 aliphatic heterocycles. The number of hydrogen-bond donors (Lipinski definition) is 0. The summed E-state index contributed by atoms with van der Waals surface area (Å²) in [4.78, 5) is 19.7. The second kappa shape index (κ2) is 7.63. The lowest BCUT2D eigenvalue weighted by Gasteiger charge is -2.39. The lowest BCUT2D eigenvalue weighted by Crippen LogP contribution is -2.53. The topological polar surface area (TPSA) is 26.8 Å². The molecule has 142 valence electrons. The number of aryl methyl sites for hydroxylation is 2. The van der Waals surface area contributed by atoms with E-state index >= 15 is 0 Å². The number of amides is 2. The van der Waals surface area contributed by atoms with E-state index in [0.29, 0.717) is 5.92 Å². The zero-order chi connectivity index (χ0) is 18.8. The molecule has 2 aliphatic rings. The lowest BCUT2D eigenvalue weighted by atomic mass is 10.1. The average molecular weight is 364 g/mol. The van der Waals surface area contributed by atoms with E-state index in [0.717, 1.165) is 38.4 Å². The molecular formula is C23H29N3O. The summed E-state index contributed by atoms with van der Waals surface area (Å²) >= 11 is 0. The third-order valence-corrected chi connectivity index (χ3v) is 5.72. The summed E-state index contributed by atoms with van der Waals surface area (Å²) in [5.74, 6) is 0.670. The highest BCUT2D eigenvalue weighted by molar-refractivity contribution is 5.92. The minimum Gasteiger partial charge on any atom is -0.368 e. The van der Waals surface area contributed by atoms with E-state index in [9.17, 15) is 4.79 Å². The van der Waals surface area contributed by atoms with Gasteiger partial charge in [0.25, 0.3) is 0 Å². The van der Waals surface area contributed by atoms with Crippen LogP contribution in [-0.2, 0) is 0 Å². The van der Waals surface area contributed by atoms with Crippen molar-refractivity contribution in [3.05, 3.63) is 59.7 Å². The monoisotopic (exact) mass is 363 g/mol. The summed E-state index contributed by atoms with van der Waals surface area (Å²) in [5.41, 5.74) is 4.84. The van der Waals surface area contributed by atoms with Crippen LogP contribution < -0.4 is 9.80 Å². The fourth-order valence-electron chi connectivity index (χ4n) is 3.80. The van der Waals surface area contributed by atoms with Crippen LogP contribution in [0.15, 0.2) is 48.5 Å². The van der Waals surface area contributed by atoms with Crippen LogP contribution in [0.1, 0.15) is 24.0 Å². The van der Waals surface area contributed by atoms with Crippen LogP contribution in [0.5, 0.6) is 0 Å². The van der Waals surface area contributed by atoms with Gasteiger partial charge < -0.3 is 9.80 Å². The van der Waals surface area contributed by atoms with E-state index in [1.54, 1.807) is 0 Å². The van der Waals surface area contributed by atoms with Crippen molar-refractivity contribution in [1.82, 2.24) is 4.90 Å². The zero-order valence-corrected chi connectivity index (χ0v) is 16.4. The standard InChI is InChI=1S/C23H29N3O/c1-18-7-11-21(12-8-18)26(17-20-9-10-20)23(27)25-15-13-24(14-16-25)22-6-4-3-5-19(22)2/h3-8,11-12,20H,9-10,13-17H2,1-2H3. The van der Waals surface area contributed by atoms with Gasteiger partial charge in [0, 0.05) is 44.1 Å². The molecule has 0 atom stereocenters. The largest absolute Gasteiger partial charge is 0.368 e. The van der Waals surface area contributed by atoms with Gasteiger partial charge in [0.2, 0.25) is 0 Å². The highest BCUT2D eigenvalue weighted by Crippen LogP contribution is 2.32. The van der Waals surface area contributed by atoms with Crippen LogP contribution in [0.2, 0.25) is 0 Å². The number of carbonyl (C=O) groups excluding carboxylic acids is 1. The quantitative estimate of drug-likeness (QED) is 0.802. The Morgan fingerprint density at radius 1 is 0.963 bits per heavy atom. The maximum Gasteiger partial charge on any atom is 0.324 e. The van der Waals surface area contributed by atoms with Crippen LogP contribution in [0, 0.1) is 19.8 Å². The average Bonchev–Trinajstić information content (AvgIpc) is 3.51. The van der Waals surface area contributed by atoms with E-state index in [4.69, 9.17) is 0 Å². The van der Waals surface area contributed by atoms with Gasteiger partial charge in [-0.25, -0.2) is 4.79 Å². The fraction of sp³-hybridized carbons (Fsp3) is 0.435. The molecule has 0 N–H and O–H groups in total. The Morgan fingerprint density at radius 3 is 2.26 bits per heavy atom. The van der Waals surface area contributed by atoms with Gasteiger partial charge in [0.15, 0.2) is 0 Å². The third kappa shape index (κ3) is 4.10. The number of anilines is 2. The lowest BCUT2D eigenvalue weighted by molar-refractivity contribution is 0.200. The number of para-hydroxylation sites is 1. The van der Waals surface area contributed by atoms with E-state index in [-0.39, 0.29) is 6.03 Å². The number of nitrogens with zero attached hydrogens (tertiary/aromatic N) is 3. The molecule has 2 fully saturated rings. The minimum absolute atomic E-state index is 0.162. The Kier molecular flexibility index (Phi) is 5.06. The predicted molar refractivity (Wildman–Crippen MR) is 112 cm³/mol. The Morgan fingerprint density at radius 2 is 1.63 bits per heavy atom. The summed E-state index contributed by atoms with van der Waals surface area (Å²) in [6.07, 6.45) is 2.49. The van der Waals surface area contributed by atoms with Gasteiger partial charge in [-0.05, 0) is 56.4 Å². The van der Waals surface area contributed by atoms with Gasteiger partial charge in [-0.1, -0.05) is 35.9 Å². The molecule has 2 aromatic rings. The number of piperazine rings is 1. The first-order chi connectivity index (χ1) is 13.1. The van der Waals surface area contributed by atoms with Gasteiger partial charge in [0.05, 0.1) is 0 Å². The number of urea groups is 1. The number of benzene rings is 2. The van der Waals surface area contributed by atoms with Crippen molar-refractivity contribution in [2.24, 2.45) is 5.92 Å². The van der Waals surface area contributed by atoms with Gasteiger partial charge in [-0.2, -0.15) is 0 Å². The molecule has 27 heavy (non-hydrogen) atoms. The fourth-order valence-corrected chi connectivity index (χ4v) is 3.80. The first kappa shape index (κ1) is 17.9. The van der Waals surface area contributed by atoms with Crippen LogP contribution in [-0.4, -0.2) is 43.7 Å². The van der Waals surface area contributed by atoms with Crippen molar-refractivity contribution in [3.8, 4) is 0 Å². The minimum atomic E-state index is 0.162. The van der Waals surface area contributed by atoms with E-state index in [2.05, 4.69) is 67.3 Å². The molecule has 1 saturated heterocycles. The Labute approximate surface area is 162 Å². The van der Waals surface area contributed by atoms with Crippen molar-refractivity contribution in [1.29, 1.82) is 0 Å². The zero-order valence-electron chi connectivity index (χ0n) is 16.4. The molecule has 1 heterocycles. The maximum absolute atomic E-state index is 13.3. The predicted octanol–water partition coefficient (Wildman–Crippen LogP) is 4.46. The molecule has 0 spiro atoms. The first-order valence-corrected chi connectivity index (χ1v) is 10.1. The van der Waals surface area contributed by atoms with Crippen LogP contribution in [0.4, 0.5) is 16.2 Å². The van der Waals surface area contributed by atoms with E-state index in [1.165, 1.54) is 29.7 Å². The van der Waals surface area contributed by atoms with Gasteiger partial charge in [-0.3, -0.25) is 4.90 Å². The molecule has 0 radical (unpaired) electrons. The number of hydrogen-bond acceptors (Lipinski definition) is 2. The van der Waals surface area contributed by atoms with Crippen LogP contribution in [0.25, 0.3) is 0 Å². The first-order valence-electron chi connectivity index (χ1n) is 10.1. The molecule has 2 aromatic carbocycles. The van der Waals surface area contributed by atoms with Crippen molar-refractivity contribution < 1.29 is 4.79 Å². The molecule has 0 unspecified atom stereocenters. The van der Waals surface area contributed by atoms with E-state index < -0.39 is 0 Å². The Bertz CT molecular complexity index is 790. The highest BCUT2D eigenvalue weighted by atomic mass is 16.2. The van der Waals surface area contributed by atoms with Gasteiger partial charge >= 0.3 is 6.03 Å². The van der Waals surface area contributed by atoms with Crippen LogP contribution in [0.3, 0.4) is 0 Å². The van der Waals surface area contributed by atoms with Crippen molar-refractivity contribution in [3.63, 3.8) is 0 Å². The van der Waals surface area contributed by atoms with Crippen LogP contribution >= 0.6 is 0 Å². The molecule has 1 aliphatic carbocycles. The highest BCUT2D eigenvalue weighted by Gasteiger charge is 2.31. The second-order valence-corrected chi connectivity index (χ2v) is 7.93. The maximum atomic E-state index is 13.3. The van der Waals surface area contributed by atoms with Gasteiger partial charge in [0.1, 0.15) is 0 Å². The Balaban J connectivity index is 1.44. The summed E-state index contributed by atoms with van der Waals surface area (Å²) in [5, 5.41) is 0. The molecule has 4 heteroatoms. The van der Waals surface area contributed by atoms with Crippen molar-refractivity contribution >= 4 is 17.4 Å². The molecular weight excluding hydrogens is 334 g/mol. The smallest absolute Gasteiger partial charge is 0.324 e. The van der Waals surface area contributed by atoms with Crippen molar-refractivity contribution in [2.75, 3.05) is 42.5 Å². The molecule has 2 amide bonds. The summed E-state index contributed by atoms with van der Waals surface area (Å²) in [6, 6.07) is 17.0. The molecule has 0 bridgehead atoms. The molecule has 4 rings (SSSR count). The summed E-state index contributed by atoms with van der Waals surface area (Å²) < 4.78 is 0. The summed E-state index contributed by atoms with van der Waals surface area (Å²) in [7, 11) is 0. The molecule has 0 aromatic heterocycles. The molecule has 4 nitrogen and oxygen atoms in total. The molecule has 1 saturated carbocycles. The number of rotatable bonds is 4. The third-order valence-electron chi connectivity index (χ3n) is 5.72. The SMILES string of the molecule is Cc1ccc(N(CC2CC2)C(=O)N2CCN(c3ccccc3C)CC2)cc1. The Hall–Kier alpha value is -2.49. The normalized spacial score (nSPS) is 17.1. The number of carbonyl (C=O) groups is 1. The second-order valence-electron chi connectivity index (χ2n) is 7.93. The van der Waals surface area contributed by atoms with Crippen molar-refractivity contribution in [2.45, 2.75) is 26.7 Å². The van der Waals surface area contributed by atoms with E-state index in [1.807, 2.05) is 9.80 Å². The summed E-state index contributed by atoms with van der Waals surface area (Å²) in [6.45, 7) is 8.42. The van der Waals surface area contributed by atoms with Gasteiger partial charge in [-0.15, -0.1) is 0 Å².